The molecule has 4 rings (SSSR count). The summed E-state index contributed by atoms with van der Waals surface area (Å²) in [5.74, 6) is 0.263. The molecule has 2 aromatic carbocycles. The van der Waals surface area contributed by atoms with E-state index in [-0.39, 0.29) is 22.6 Å². The Morgan fingerprint density at radius 2 is 1.63 bits per heavy atom. The fraction of sp³-hybridized carbons (Fsp3) is 0.381. The van der Waals surface area contributed by atoms with Crippen LogP contribution >= 0.6 is 0 Å². The van der Waals surface area contributed by atoms with Crippen LogP contribution in [0.2, 0.25) is 0 Å². The molecule has 6 heteroatoms. The molecular weight excluding hydrogens is 360 g/mol. The van der Waals surface area contributed by atoms with Crippen molar-refractivity contribution < 1.29 is 13.2 Å². The van der Waals surface area contributed by atoms with Gasteiger partial charge in [0.25, 0.3) is 0 Å². The fourth-order valence-corrected chi connectivity index (χ4v) is 5.06. The van der Waals surface area contributed by atoms with Crippen LogP contribution in [0, 0.1) is 5.92 Å². The summed E-state index contributed by atoms with van der Waals surface area (Å²) in [4.78, 5) is 14.6. The quantitative estimate of drug-likeness (QED) is 0.744. The highest BCUT2D eigenvalue weighted by Gasteiger charge is 2.34. The predicted molar refractivity (Wildman–Crippen MR) is 104 cm³/mol. The molecule has 1 aliphatic heterocycles. The average Bonchev–Trinajstić information content (AvgIpc) is 3.54. The number of likely N-dealkylation sites (N-methyl/N-ethyl adjacent to an activating group) is 1. The van der Waals surface area contributed by atoms with E-state index in [1.807, 2.05) is 37.4 Å². The fourth-order valence-electron chi connectivity index (χ4n) is 3.62. The minimum Gasteiger partial charge on any atom is -0.297 e. The van der Waals surface area contributed by atoms with Crippen molar-refractivity contribution in [2.24, 2.45) is 5.92 Å². The van der Waals surface area contributed by atoms with Crippen LogP contribution in [0.25, 0.3) is 0 Å². The van der Waals surface area contributed by atoms with Crippen LogP contribution in [-0.4, -0.2) is 50.1 Å². The van der Waals surface area contributed by atoms with E-state index >= 15 is 0 Å². The van der Waals surface area contributed by atoms with Crippen molar-refractivity contribution in [2.75, 3.05) is 26.7 Å². The van der Waals surface area contributed by atoms with Gasteiger partial charge in [-0.05, 0) is 37.6 Å². The first-order valence-corrected chi connectivity index (χ1v) is 10.8. The number of Topliss-reactive ketones (excluding diaryl/α,β-unsaturated/α-hetero) is 1. The molecule has 2 aliphatic rings. The minimum absolute atomic E-state index is 0.0328. The van der Waals surface area contributed by atoms with Crippen LogP contribution in [0.1, 0.15) is 34.8 Å². The zero-order chi connectivity index (χ0) is 19.0. The third-order valence-corrected chi connectivity index (χ3v) is 7.40. The lowest BCUT2D eigenvalue weighted by Gasteiger charge is -2.39. The predicted octanol–water partition coefficient (Wildman–Crippen LogP) is 2.96. The standard InChI is InChI=1S/C21H24N2O3S/c1-22-13-14-23(15-20(22)16-5-3-2-4-6-16)27(25,26)19-11-9-18(10-12-19)21(24)17-7-8-17/h2-6,9-12,17,20H,7-8,13-15H2,1H3. The van der Waals surface area contributed by atoms with E-state index in [2.05, 4.69) is 4.90 Å². The Kier molecular flexibility index (Phi) is 4.88. The third kappa shape index (κ3) is 3.70. The van der Waals surface area contributed by atoms with Gasteiger partial charge in [0.2, 0.25) is 10.0 Å². The van der Waals surface area contributed by atoms with Crippen molar-refractivity contribution in [1.82, 2.24) is 9.21 Å². The van der Waals surface area contributed by atoms with E-state index in [0.29, 0.717) is 25.2 Å². The van der Waals surface area contributed by atoms with Crippen LogP contribution in [0.4, 0.5) is 0 Å². The molecule has 1 heterocycles. The highest BCUT2D eigenvalue weighted by atomic mass is 32.2. The Balaban J connectivity index is 1.55. The van der Waals surface area contributed by atoms with Crippen molar-refractivity contribution in [3.63, 3.8) is 0 Å². The highest BCUT2D eigenvalue weighted by molar-refractivity contribution is 7.89. The number of carbonyl (C=O) groups excluding carboxylic acids is 1. The Bertz CT molecular complexity index is 922. The van der Waals surface area contributed by atoms with Crippen molar-refractivity contribution in [1.29, 1.82) is 0 Å². The smallest absolute Gasteiger partial charge is 0.243 e. The summed E-state index contributed by atoms with van der Waals surface area (Å²) in [6.07, 6.45) is 1.89. The topological polar surface area (TPSA) is 57.7 Å². The Hall–Kier alpha value is -2.02. The Labute approximate surface area is 160 Å². The lowest BCUT2D eigenvalue weighted by atomic mass is 10.0. The second-order valence-electron chi connectivity index (χ2n) is 7.43. The average molecular weight is 385 g/mol. The summed E-state index contributed by atoms with van der Waals surface area (Å²) < 4.78 is 27.8. The summed E-state index contributed by atoms with van der Waals surface area (Å²) in [6, 6.07) is 16.5. The molecule has 142 valence electrons. The molecule has 5 nitrogen and oxygen atoms in total. The maximum Gasteiger partial charge on any atom is 0.243 e. The van der Waals surface area contributed by atoms with Crippen LogP contribution in [0.5, 0.6) is 0 Å². The first-order valence-electron chi connectivity index (χ1n) is 9.36. The van der Waals surface area contributed by atoms with Gasteiger partial charge in [-0.25, -0.2) is 8.42 Å². The van der Waals surface area contributed by atoms with E-state index in [4.69, 9.17) is 0 Å². The van der Waals surface area contributed by atoms with Gasteiger partial charge < -0.3 is 0 Å². The first kappa shape index (κ1) is 18.3. The van der Waals surface area contributed by atoms with Crippen molar-refractivity contribution >= 4 is 15.8 Å². The van der Waals surface area contributed by atoms with Crippen LogP contribution < -0.4 is 0 Å². The molecule has 0 bridgehead atoms. The molecule has 0 amide bonds. The third-order valence-electron chi connectivity index (χ3n) is 5.52. The SMILES string of the molecule is CN1CCN(S(=O)(=O)c2ccc(C(=O)C3CC3)cc2)CC1c1ccccc1. The van der Waals surface area contributed by atoms with Gasteiger partial charge in [-0.15, -0.1) is 0 Å². The second-order valence-corrected chi connectivity index (χ2v) is 9.37. The largest absolute Gasteiger partial charge is 0.297 e. The Morgan fingerprint density at radius 1 is 0.963 bits per heavy atom. The molecule has 1 atom stereocenters. The van der Waals surface area contributed by atoms with Crippen LogP contribution in [0.3, 0.4) is 0 Å². The molecule has 2 aromatic rings. The number of sulfonamides is 1. The molecule has 1 unspecified atom stereocenters. The van der Waals surface area contributed by atoms with Gasteiger partial charge in [0.1, 0.15) is 0 Å². The number of carbonyl (C=O) groups is 1. The summed E-state index contributed by atoms with van der Waals surface area (Å²) in [7, 11) is -1.55. The molecule has 0 spiro atoms. The molecular formula is C21H24N2O3S. The van der Waals surface area contributed by atoms with E-state index in [9.17, 15) is 13.2 Å². The molecule has 0 aromatic heterocycles. The van der Waals surface area contributed by atoms with Crippen molar-refractivity contribution in [3.8, 4) is 0 Å². The zero-order valence-electron chi connectivity index (χ0n) is 15.4. The second kappa shape index (κ2) is 7.19. The molecule has 27 heavy (non-hydrogen) atoms. The number of hydrogen-bond acceptors (Lipinski definition) is 4. The van der Waals surface area contributed by atoms with Crippen LogP contribution in [-0.2, 0) is 10.0 Å². The number of nitrogens with zero attached hydrogens (tertiary/aromatic N) is 2. The number of ketones is 1. The first-order chi connectivity index (χ1) is 13.0. The summed E-state index contributed by atoms with van der Waals surface area (Å²) in [6.45, 7) is 1.56. The van der Waals surface area contributed by atoms with E-state index in [0.717, 1.165) is 18.4 Å². The summed E-state index contributed by atoms with van der Waals surface area (Å²) in [5, 5.41) is 0. The van der Waals surface area contributed by atoms with Gasteiger partial charge in [0, 0.05) is 37.2 Å². The number of benzene rings is 2. The van der Waals surface area contributed by atoms with Gasteiger partial charge in [0.05, 0.1) is 4.90 Å². The molecule has 2 fully saturated rings. The van der Waals surface area contributed by atoms with Crippen LogP contribution in [0.15, 0.2) is 59.5 Å². The number of piperazine rings is 1. The molecule has 0 N–H and O–H groups in total. The van der Waals surface area contributed by atoms with Gasteiger partial charge in [-0.3, -0.25) is 9.69 Å². The van der Waals surface area contributed by atoms with Gasteiger partial charge in [0.15, 0.2) is 5.78 Å². The van der Waals surface area contributed by atoms with Crippen molar-refractivity contribution in [3.05, 3.63) is 65.7 Å². The molecule has 0 radical (unpaired) electrons. The van der Waals surface area contributed by atoms with E-state index in [1.165, 1.54) is 0 Å². The monoisotopic (exact) mass is 384 g/mol. The lowest BCUT2D eigenvalue weighted by Crippen LogP contribution is -2.48. The maximum atomic E-state index is 13.1. The highest BCUT2D eigenvalue weighted by Crippen LogP contribution is 2.33. The van der Waals surface area contributed by atoms with Gasteiger partial charge in [-0.1, -0.05) is 42.5 Å². The summed E-state index contributed by atoms with van der Waals surface area (Å²) in [5.41, 5.74) is 1.72. The minimum atomic E-state index is -3.58. The van der Waals surface area contributed by atoms with Gasteiger partial charge >= 0.3 is 0 Å². The lowest BCUT2D eigenvalue weighted by molar-refractivity contribution is 0.0967. The Morgan fingerprint density at radius 3 is 2.26 bits per heavy atom. The zero-order valence-corrected chi connectivity index (χ0v) is 16.2. The van der Waals surface area contributed by atoms with E-state index < -0.39 is 10.0 Å². The molecule has 1 saturated heterocycles. The van der Waals surface area contributed by atoms with Crippen molar-refractivity contribution in [2.45, 2.75) is 23.8 Å². The molecule has 1 aliphatic carbocycles. The van der Waals surface area contributed by atoms with E-state index in [1.54, 1.807) is 28.6 Å². The maximum absolute atomic E-state index is 13.1. The molecule has 1 saturated carbocycles. The number of hydrogen-bond donors (Lipinski definition) is 0. The number of rotatable bonds is 5. The normalized spacial score (nSPS) is 21.9. The van der Waals surface area contributed by atoms with Gasteiger partial charge in [-0.2, -0.15) is 4.31 Å². The summed E-state index contributed by atoms with van der Waals surface area (Å²) >= 11 is 0.